The van der Waals surface area contributed by atoms with E-state index in [1.807, 2.05) is 51.1 Å². The van der Waals surface area contributed by atoms with Crippen LogP contribution in [0.5, 0.6) is 0 Å². The fraction of sp³-hybridized carbons (Fsp3) is 0.500. The molecule has 1 aromatic carbocycles. The van der Waals surface area contributed by atoms with Gasteiger partial charge in [0.25, 0.3) is 0 Å². The molecule has 136 valence electrons. The van der Waals surface area contributed by atoms with E-state index in [1.165, 1.54) is 4.68 Å². The van der Waals surface area contributed by atoms with Crippen molar-refractivity contribution in [3.05, 3.63) is 47.8 Å². The zero-order valence-corrected chi connectivity index (χ0v) is 15.1. The highest BCUT2D eigenvalue weighted by Crippen LogP contribution is 2.16. The summed E-state index contributed by atoms with van der Waals surface area (Å²) < 4.78 is 12.5. The van der Waals surface area contributed by atoms with Crippen molar-refractivity contribution in [3.8, 4) is 0 Å². The molecule has 1 aromatic heterocycles. The molecule has 0 bridgehead atoms. The first-order chi connectivity index (χ1) is 12.2. The van der Waals surface area contributed by atoms with E-state index in [2.05, 4.69) is 10.3 Å². The van der Waals surface area contributed by atoms with E-state index in [-0.39, 0.29) is 12.5 Å². The van der Waals surface area contributed by atoms with Crippen molar-refractivity contribution < 1.29 is 14.3 Å². The van der Waals surface area contributed by atoms with Gasteiger partial charge in [0.15, 0.2) is 0 Å². The van der Waals surface area contributed by atoms with E-state index in [9.17, 15) is 4.79 Å². The second-order valence-corrected chi connectivity index (χ2v) is 5.48. The first-order valence-corrected chi connectivity index (χ1v) is 8.62. The number of hydrogen-bond acceptors (Lipinski definition) is 5. The van der Waals surface area contributed by atoms with Gasteiger partial charge in [-0.15, -0.1) is 5.10 Å². The highest BCUT2D eigenvalue weighted by atomic mass is 16.7. The Kier molecular flexibility index (Phi) is 7.56. The molecule has 0 fully saturated rings. The fourth-order valence-corrected chi connectivity index (χ4v) is 2.44. The van der Waals surface area contributed by atoms with Crippen LogP contribution in [0.3, 0.4) is 0 Å². The largest absolute Gasteiger partial charge is 0.347 e. The summed E-state index contributed by atoms with van der Waals surface area (Å²) in [5, 5.41) is 8.09. The monoisotopic (exact) mass is 346 g/mol. The lowest BCUT2D eigenvalue weighted by atomic mass is 10.2. The molecule has 0 aliphatic heterocycles. The number of likely N-dealkylation sites (N-methyl/N-ethyl adjacent to an activating group) is 1. The minimum atomic E-state index is -0.551. The van der Waals surface area contributed by atoms with Gasteiger partial charge in [-0.1, -0.05) is 35.5 Å². The van der Waals surface area contributed by atoms with Crippen molar-refractivity contribution >= 4 is 5.91 Å². The molecule has 0 spiro atoms. The van der Waals surface area contributed by atoms with E-state index in [1.54, 1.807) is 11.1 Å². The second kappa shape index (κ2) is 9.90. The first-order valence-electron chi connectivity index (χ1n) is 8.62. The normalized spacial score (nSPS) is 11.0. The molecule has 2 rings (SSSR count). The molecule has 0 N–H and O–H groups in total. The number of carbonyl (C=O) groups is 1. The average molecular weight is 346 g/mol. The quantitative estimate of drug-likeness (QED) is 0.618. The van der Waals surface area contributed by atoms with Crippen molar-refractivity contribution in [2.75, 3.05) is 19.8 Å². The van der Waals surface area contributed by atoms with Gasteiger partial charge in [0.1, 0.15) is 12.2 Å². The van der Waals surface area contributed by atoms with Gasteiger partial charge in [-0.25, -0.2) is 4.68 Å². The molecule has 0 aliphatic carbocycles. The Hall–Kier alpha value is -2.25. The SMILES string of the molecule is CCOC(OCC)c1cn(CC(=O)N(CC)Cc2ccccc2)nn1. The smallest absolute Gasteiger partial charge is 0.244 e. The van der Waals surface area contributed by atoms with Gasteiger partial charge in [-0.2, -0.15) is 0 Å². The standard InChI is InChI=1S/C18H26N4O3/c1-4-21(12-15-10-8-7-9-11-15)17(23)14-22-13-16(19-20-22)18(24-5-2)25-6-3/h7-11,13,18H,4-6,12,14H2,1-3H3. The Balaban J connectivity index is 1.99. The number of benzene rings is 1. The minimum Gasteiger partial charge on any atom is -0.347 e. The van der Waals surface area contributed by atoms with Crippen molar-refractivity contribution in [1.29, 1.82) is 0 Å². The summed E-state index contributed by atoms with van der Waals surface area (Å²) in [4.78, 5) is 14.3. The number of carbonyl (C=O) groups excluding carboxylic acids is 1. The van der Waals surface area contributed by atoms with Crippen LogP contribution < -0.4 is 0 Å². The van der Waals surface area contributed by atoms with Crippen LogP contribution in [-0.2, 0) is 27.4 Å². The topological polar surface area (TPSA) is 69.5 Å². The summed E-state index contributed by atoms with van der Waals surface area (Å²) in [6.45, 7) is 8.13. The van der Waals surface area contributed by atoms with Crippen LogP contribution in [0.1, 0.15) is 38.3 Å². The predicted octanol–water partition coefficient (Wildman–Crippen LogP) is 2.40. The molecule has 7 heteroatoms. The molecule has 2 aromatic rings. The zero-order valence-electron chi connectivity index (χ0n) is 15.1. The van der Waals surface area contributed by atoms with E-state index >= 15 is 0 Å². The molecular formula is C18H26N4O3. The van der Waals surface area contributed by atoms with Crippen LogP contribution in [0.4, 0.5) is 0 Å². The molecule has 7 nitrogen and oxygen atoms in total. The van der Waals surface area contributed by atoms with Gasteiger partial charge in [0.2, 0.25) is 12.2 Å². The van der Waals surface area contributed by atoms with Gasteiger partial charge >= 0.3 is 0 Å². The molecule has 25 heavy (non-hydrogen) atoms. The van der Waals surface area contributed by atoms with Gasteiger partial charge < -0.3 is 14.4 Å². The van der Waals surface area contributed by atoms with Gasteiger partial charge in [-0.3, -0.25) is 4.79 Å². The molecule has 1 heterocycles. The molecule has 0 radical (unpaired) electrons. The Bertz CT molecular complexity index is 639. The fourth-order valence-electron chi connectivity index (χ4n) is 2.44. The maximum absolute atomic E-state index is 12.6. The first kappa shape index (κ1) is 19.1. The Morgan fingerprint density at radius 3 is 2.44 bits per heavy atom. The summed E-state index contributed by atoms with van der Waals surface area (Å²) in [5.41, 5.74) is 1.67. The lowest BCUT2D eigenvalue weighted by molar-refractivity contribution is -0.142. The third-order valence-corrected chi connectivity index (χ3v) is 3.68. The Morgan fingerprint density at radius 2 is 1.84 bits per heavy atom. The number of hydrogen-bond donors (Lipinski definition) is 0. The summed E-state index contributed by atoms with van der Waals surface area (Å²) in [6.07, 6.45) is 1.15. The van der Waals surface area contributed by atoms with Crippen LogP contribution in [0, 0.1) is 0 Å². The van der Waals surface area contributed by atoms with Crippen LogP contribution in [-0.4, -0.2) is 45.6 Å². The van der Waals surface area contributed by atoms with Gasteiger partial charge in [-0.05, 0) is 26.3 Å². The van der Waals surface area contributed by atoms with E-state index < -0.39 is 6.29 Å². The lowest BCUT2D eigenvalue weighted by Gasteiger charge is -2.20. The highest BCUT2D eigenvalue weighted by Gasteiger charge is 2.18. The van der Waals surface area contributed by atoms with Crippen LogP contribution in [0.25, 0.3) is 0 Å². The molecule has 0 unspecified atom stereocenters. The summed E-state index contributed by atoms with van der Waals surface area (Å²) in [5.74, 6) is -0.00725. The number of rotatable bonds is 10. The summed E-state index contributed by atoms with van der Waals surface area (Å²) in [6, 6.07) is 9.93. The maximum Gasteiger partial charge on any atom is 0.244 e. The van der Waals surface area contributed by atoms with Crippen LogP contribution >= 0.6 is 0 Å². The number of aromatic nitrogens is 3. The number of ether oxygens (including phenoxy) is 2. The van der Waals surface area contributed by atoms with Gasteiger partial charge in [0.05, 0.1) is 6.20 Å². The van der Waals surface area contributed by atoms with Crippen molar-refractivity contribution in [1.82, 2.24) is 19.9 Å². The van der Waals surface area contributed by atoms with Crippen molar-refractivity contribution in [2.45, 2.75) is 40.2 Å². The molecule has 1 amide bonds. The van der Waals surface area contributed by atoms with E-state index in [0.29, 0.717) is 32.0 Å². The number of amides is 1. The Labute approximate surface area is 148 Å². The maximum atomic E-state index is 12.6. The Morgan fingerprint density at radius 1 is 1.16 bits per heavy atom. The predicted molar refractivity (Wildman–Crippen MR) is 93.5 cm³/mol. The molecule has 0 saturated carbocycles. The highest BCUT2D eigenvalue weighted by molar-refractivity contribution is 5.75. The number of nitrogens with zero attached hydrogens (tertiary/aromatic N) is 4. The van der Waals surface area contributed by atoms with Crippen LogP contribution in [0.2, 0.25) is 0 Å². The summed E-state index contributed by atoms with van der Waals surface area (Å²) >= 11 is 0. The van der Waals surface area contributed by atoms with Crippen molar-refractivity contribution in [3.63, 3.8) is 0 Å². The third-order valence-electron chi connectivity index (χ3n) is 3.68. The molecule has 0 saturated heterocycles. The molecule has 0 aliphatic rings. The minimum absolute atomic E-state index is 0.00725. The second-order valence-electron chi connectivity index (χ2n) is 5.48. The molecule has 0 atom stereocenters. The molecular weight excluding hydrogens is 320 g/mol. The van der Waals surface area contributed by atoms with Crippen molar-refractivity contribution in [2.24, 2.45) is 0 Å². The van der Waals surface area contributed by atoms with Crippen LogP contribution in [0.15, 0.2) is 36.5 Å². The lowest BCUT2D eigenvalue weighted by Crippen LogP contribution is -2.33. The summed E-state index contributed by atoms with van der Waals surface area (Å²) in [7, 11) is 0. The average Bonchev–Trinajstić information content (AvgIpc) is 3.08. The van der Waals surface area contributed by atoms with Gasteiger partial charge in [0, 0.05) is 26.3 Å². The zero-order chi connectivity index (χ0) is 18.1. The van der Waals surface area contributed by atoms with E-state index in [0.717, 1.165) is 5.56 Å². The third kappa shape index (κ3) is 5.65. The van der Waals surface area contributed by atoms with E-state index in [4.69, 9.17) is 9.47 Å².